The first-order chi connectivity index (χ1) is 22.5. The van der Waals surface area contributed by atoms with Crippen molar-refractivity contribution >= 4 is 89.2 Å². The number of nitrogens with zero attached hydrogens (tertiary/aromatic N) is 3. The van der Waals surface area contributed by atoms with Crippen LogP contribution < -0.4 is 25.6 Å². The van der Waals surface area contributed by atoms with Gasteiger partial charge in [0, 0.05) is 25.6 Å². The first-order valence-corrected chi connectivity index (χ1v) is 20.6. The maximum Gasteiger partial charge on any atom is 0.417 e. The van der Waals surface area contributed by atoms with E-state index in [-0.39, 0.29) is 47.6 Å². The number of nitrogens with one attached hydrogen (secondary N) is 5. The molecule has 0 bridgehead atoms. The molecule has 0 aromatic rings. The number of guanidine groups is 1. The molecule has 23 heteroatoms. The number of amides is 3. The van der Waals surface area contributed by atoms with E-state index < -0.39 is 53.3 Å². The summed E-state index contributed by atoms with van der Waals surface area (Å²) < 4.78 is 21.8. The molecule has 254 valence electrons. The lowest BCUT2D eigenvalue weighted by molar-refractivity contribution is -0.161. The Labute approximate surface area is 286 Å². The van der Waals surface area contributed by atoms with Crippen LogP contribution in [0.1, 0.15) is 41.0 Å². The molecule has 6 radical (unpaired) electrons. The van der Waals surface area contributed by atoms with Gasteiger partial charge in [-0.3, -0.25) is 20.3 Å². The van der Waals surface area contributed by atoms with Crippen molar-refractivity contribution in [3.05, 3.63) is 11.3 Å². The van der Waals surface area contributed by atoms with Crippen LogP contribution in [0.2, 0.25) is 18.1 Å². The predicted molar refractivity (Wildman–Crippen MR) is 187 cm³/mol. The molecule has 3 aliphatic heterocycles. The van der Waals surface area contributed by atoms with Gasteiger partial charge in [-0.25, -0.2) is 19.4 Å². The predicted octanol–water partition coefficient (Wildman–Crippen LogP) is 1.10. The standard InChI is InChI=1S/C24H42B3N8O8P3Si/c1-6-47(7-2,8-3)43-14(5)17-18-13(4)16(19(35(18)20(17)36)21(37)40-44-31-25)12-34-10-9-15(11-34)28-22(29-23(38)41-45-32-26)30-24(39)42-46-33-27/h13-15,17-18,31-33,44-46H,6-12H2,1-5H3,(H2,28,29,30,38,39)/t13-,14+,15-,17?,18?/m0/s1. The van der Waals surface area contributed by atoms with Crippen molar-refractivity contribution in [2.75, 3.05) is 19.6 Å². The lowest BCUT2D eigenvalue weighted by Gasteiger charge is -2.49. The topological polar surface area (TPSA) is 184 Å². The van der Waals surface area contributed by atoms with Gasteiger partial charge in [-0.15, -0.1) is 0 Å². The number of carbonyl (C=O) groups excluding carboxylic acids is 4. The summed E-state index contributed by atoms with van der Waals surface area (Å²) in [5.41, 5.74) is 1.03. The Morgan fingerprint density at radius 3 is 2.06 bits per heavy atom. The number of hydrogen-bond donors (Lipinski definition) is 5. The van der Waals surface area contributed by atoms with Gasteiger partial charge in [0.15, 0.2) is 32.3 Å². The number of β-lactam (4-membered cyclic amide) rings is 1. The average molecular weight is 724 g/mol. The normalized spacial score (nSPS) is 23.9. The van der Waals surface area contributed by atoms with E-state index in [0.717, 1.165) is 23.7 Å². The molecule has 0 spiro atoms. The molecular weight excluding hydrogens is 682 g/mol. The minimum atomic E-state index is -1.98. The second-order valence-corrected chi connectivity index (χ2v) is 18.1. The Bertz CT molecular complexity index is 1180. The summed E-state index contributed by atoms with van der Waals surface area (Å²) >= 11 is 0. The zero-order chi connectivity index (χ0) is 34.7. The van der Waals surface area contributed by atoms with E-state index in [4.69, 9.17) is 41.9 Å². The number of aliphatic imine (C=N–C) groups is 1. The molecule has 0 aromatic carbocycles. The second kappa shape index (κ2) is 19.0. The van der Waals surface area contributed by atoms with Gasteiger partial charge in [0.1, 0.15) is 32.6 Å². The quantitative estimate of drug-likeness (QED) is 0.0382. The van der Waals surface area contributed by atoms with Gasteiger partial charge in [-0.05, 0) is 37.0 Å². The SMILES string of the molecule is [B]NPOC(=O)NC(=N[C@H]1CCN(CC2=C(C(=O)OPN[B])N3C(=O)C([C@@H](C)O[Si](CC)(CC)CC)C3[C@H]2C)C1)NC(=O)OPN[B]. The molecule has 8 atom stereocenters. The second-order valence-electron chi connectivity index (χ2n) is 11.3. The summed E-state index contributed by atoms with van der Waals surface area (Å²) in [7, 11) is 12.2. The maximum absolute atomic E-state index is 13.7. The average Bonchev–Trinajstić information content (AvgIpc) is 3.59. The highest BCUT2D eigenvalue weighted by Crippen LogP contribution is 2.49. The van der Waals surface area contributed by atoms with Gasteiger partial charge in [0.25, 0.3) is 0 Å². The van der Waals surface area contributed by atoms with Crippen molar-refractivity contribution in [2.24, 2.45) is 16.8 Å². The zero-order valence-electron chi connectivity index (χ0n) is 27.2. The number of likely N-dealkylation sites (tertiary alicyclic amines) is 1. The largest absolute Gasteiger partial charge is 0.428 e. The third-order valence-electron chi connectivity index (χ3n) is 8.87. The molecule has 0 aliphatic carbocycles. The van der Waals surface area contributed by atoms with E-state index in [0.29, 0.717) is 26.1 Å². The van der Waals surface area contributed by atoms with Crippen LogP contribution in [0.25, 0.3) is 0 Å². The molecule has 3 heterocycles. The fourth-order valence-electron chi connectivity index (χ4n) is 6.40. The van der Waals surface area contributed by atoms with Crippen molar-refractivity contribution in [3.63, 3.8) is 0 Å². The molecule has 5 unspecified atom stereocenters. The van der Waals surface area contributed by atoms with Gasteiger partial charge < -0.3 is 37.9 Å². The number of carbonyl (C=O) groups is 4. The Morgan fingerprint density at radius 2 is 1.53 bits per heavy atom. The van der Waals surface area contributed by atoms with Gasteiger partial charge >= 0.3 is 18.2 Å². The molecule has 47 heavy (non-hydrogen) atoms. The van der Waals surface area contributed by atoms with Crippen LogP contribution >= 0.6 is 26.9 Å². The molecule has 2 fully saturated rings. The van der Waals surface area contributed by atoms with Crippen molar-refractivity contribution in [3.8, 4) is 0 Å². The van der Waals surface area contributed by atoms with Gasteiger partial charge in [0.2, 0.25) is 11.9 Å². The monoisotopic (exact) mass is 724 g/mol. The number of fused-ring (bicyclic) bond motifs is 1. The van der Waals surface area contributed by atoms with Gasteiger partial charge in [0.05, 0.1) is 24.1 Å². The van der Waals surface area contributed by atoms with E-state index in [2.05, 4.69) is 56.3 Å². The molecule has 3 rings (SSSR count). The highest BCUT2D eigenvalue weighted by Gasteiger charge is 2.61. The first-order valence-electron chi connectivity index (χ1n) is 15.3. The van der Waals surface area contributed by atoms with Crippen LogP contribution in [-0.2, 0) is 27.6 Å². The summed E-state index contributed by atoms with van der Waals surface area (Å²) in [6.45, 7) is 11.9. The van der Waals surface area contributed by atoms with E-state index in [9.17, 15) is 19.2 Å². The summed E-state index contributed by atoms with van der Waals surface area (Å²) in [5, 5.41) is 4.75. The van der Waals surface area contributed by atoms with Crippen LogP contribution in [0.4, 0.5) is 9.59 Å². The van der Waals surface area contributed by atoms with Gasteiger partial charge in [-0.2, -0.15) is 0 Å². The summed E-state index contributed by atoms with van der Waals surface area (Å²) in [6, 6.07) is 2.32. The molecule has 5 N–H and O–H groups in total. The molecule has 16 nitrogen and oxygen atoms in total. The van der Waals surface area contributed by atoms with E-state index in [1.54, 1.807) is 4.90 Å². The Balaban J connectivity index is 1.79. The van der Waals surface area contributed by atoms with Gasteiger partial charge in [-0.1, -0.05) is 27.7 Å². The van der Waals surface area contributed by atoms with Crippen molar-refractivity contribution in [1.82, 2.24) is 35.4 Å². The first kappa shape index (κ1) is 39.8. The highest BCUT2D eigenvalue weighted by atomic mass is 31.1. The Morgan fingerprint density at radius 1 is 0.979 bits per heavy atom. The number of hydrogen-bond acceptors (Lipinski definition) is 13. The minimum Gasteiger partial charge on any atom is -0.428 e. The van der Waals surface area contributed by atoms with Crippen molar-refractivity contribution < 1.29 is 37.2 Å². The maximum atomic E-state index is 13.7. The lowest BCUT2D eigenvalue weighted by atomic mass is 9.77. The fraction of sp³-hybridized carbons (Fsp3) is 0.708. The summed E-state index contributed by atoms with van der Waals surface area (Å²) in [5.74, 6) is -1.46. The van der Waals surface area contributed by atoms with Crippen molar-refractivity contribution in [2.45, 2.75) is 77.4 Å². The van der Waals surface area contributed by atoms with E-state index in [1.165, 1.54) is 0 Å². The molecule has 3 amide bonds. The minimum absolute atomic E-state index is 0.138. The highest BCUT2D eigenvalue weighted by molar-refractivity contribution is 7.32. The van der Waals surface area contributed by atoms with E-state index >= 15 is 0 Å². The van der Waals surface area contributed by atoms with Crippen LogP contribution in [0.15, 0.2) is 16.3 Å². The molecule has 0 saturated carbocycles. The third kappa shape index (κ3) is 9.98. The molecule has 2 saturated heterocycles. The molecule has 0 aromatic heterocycles. The smallest absolute Gasteiger partial charge is 0.417 e. The van der Waals surface area contributed by atoms with Crippen LogP contribution in [0.5, 0.6) is 0 Å². The summed E-state index contributed by atoms with van der Waals surface area (Å²) in [4.78, 5) is 66.2. The Kier molecular flexibility index (Phi) is 16.1. The van der Waals surface area contributed by atoms with Crippen LogP contribution in [0, 0.1) is 11.8 Å². The Hall–Kier alpha value is -1.61. The van der Waals surface area contributed by atoms with Crippen LogP contribution in [0.3, 0.4) is 0 Å². The van der Waals surface area contributed by atoms with Crippen molar-refractivity contribution in [1.29, 1.82) is 0 Å². The zero-order valence-corrected chi connectivity index (χ0v) is 31.2. The fourth-order valence-corrected chi connectivity index (χ4v) is 9.99. The molecular formula is C24H42B3N8O8P3Si. The van der Waals surface area contributed by atoms with E-state index in [1.807, 2.05) is 13.8 Å². The lowest BCUT2D eigenvalue weighted by Crippen LogP contribution is -2.65. The number of rotatable bonds is 16. The van der Waals surface area contributed by atoms with Crippen LogP contribution in [-0.4, -0.2) is 110 Å². The third-order valence-corrected chi connectivity index (χ3v) is 14.8. The summed E-state index contributed by atoms with van der Waals surface area (Å²) in [6.07, 6.45) is -1.50. The molecule has 3 aliphatic rings.